The summed E-state index contributed by atoms with van der Waals surface area (Å²) in [5.74, 6) is -1.00. The van der Waals surface area contributed by atoms with E-state index in [2.05, 4.69) is 5.92 Å². The Labute approximate surface area is 162 Å². The molecule has 1 rings (SSSR count). The molecular formula is C18H24O10. The van der Waals surface area contributed by atoms with E-state index in [1.807, 2.05) is 0 Å². The molecule has 1 saturated heterocycles. The van der Waals surface area contributed by atoms with Crippen LogP contribution in [0.15, 0.2) is 0 Å². The SMILES string of the molecule is C#C[C@]1(OC(C)=O)[C@@H](OC(C)=O)CO[C@@H]1COC(C(=O)OCC)C(=O)OCC. The summed E-state index contributed by atoms with van der Waals surface area (Å²) in [7, 11) is 0. The largest absolute Gasteiger partial charge is 0.464 e. The fourth-order valence-electron chi connectivity index (χ4n) is 2.59. The number of hydrogen-bond acceptors (Lipinski definition) is 10. The predicted molar refractivity (Wildman–Crippen MR) is 91.6 cm³/mol. The molecule has 0 unspecified atom stereocenters. The summed E-state index contributed by atoms with van der Waals surface area (Å²) in [6.07, 6.45) is 1.68. The highest BCUT2D eigenvalue weighted by atomic mass is 16.7. The van der Waals surface area contributed by atoms with Crippen molar-refractivity contribution in [3.05, 3.63) is 0 Å². The van der Waals surface area contributed by atoms with Crippen LogP contribution in [0, 0.1) is 12.3 Å². The van der Waals surface area contributed by atoms with Crippen LogP contribution in [0.4, 0.5) is 0 Å². The first-order valence-electron chi connectivity index (χ1n) is 8.62. The lowest BCUT2D eigenvalue weighted by Gasteiger charge is -2.32. The van der Waals surface area contributed by atoms with Crippen molar-refractivity contribution < 1.29 is 47.6 Å². The number of esters is 4. The molecule has 0 radical (unpaired) electrons. The lowest BCUT2D eigenvalue weighted by atomic mass is 9.93. The number of carbonyl (C=O) groups excluding carboxylic acids is 4. The number of ether oxygens (including phenoxy) is 6. The lowest BCUT2D eigenvalue weighted by molar-refractivity contribution is -0.183. The first-order valence-corrected chi connectivity index (χ1v) is 8.62. The molecule has 10 heteroatoms. The summed E-state index contributed by atoms with van der Waals surface area (Å²) in [6, 6.07) is 0. The molecule has 0 spiro atoms. The lowest BCUT2D eigenvalue weighted by Crippen LogP contribution is -2.53. The average Bonchev–Trinajstić information content (AvgIpc) is 2.92. The fraction of sp³-hybridized carbons (Fsp3) is 0.667. The van der Waals surface area contributed by atoms with Gasteiger partial charge in [0, 0.05) is 13.8 Å². The van der Waals surface area contributed by atoms with Gasteiger partial charge in [-0.25, -0.2) is 9.59 Å². The zero-order chi connectivity index (χ0) is 21.3. The molecule has 3 atom stereocenters. The number of hydrogen-bond donors (Lipinski definition) is 0. The molecule has 0 aromatic carbocycles. The summed E-state index contributed by atoms with van der Waals surface area (Å²) in [5, 5.41) is 0. The van der Waals surface area contributed by atoms with E-state index in [4.69, 9.17) is 34.8 Å². The van der Waals surface area contributed by atoms with Crippen molar-refractivity contribution in [1.82, 2.24) is 0 Å². The molecule has 0 amide bonds. The van der Waals surface area contributed by atoms with E-state index < -0.39 is 54.4 Å². The van der Waals surface area contributed by atoms with Gasteiger partial charge in [-0.1, -0.05) is 5.92 Å². The molecular weight excluding hydrogens is 376 g/mol. The van der Waals surface area contributed by atoms with Gasteiger partial charge in [-0.15, -0.1) is 6.42 Å². The van der Waals surface area contributed by atoms with E-state index in [1.54, 1.807) is 13.8 Å². The highest BCUT2D eigenvalue weighted by molar-refractivity contribution is 5.98. The minimum absolute atomic E-state index is 0.0221. The van der Waals surface area contributed by atoms with Gasteiger partial charge in [0.1, 0.15) is 6.10 Å². The Morgan fingerprint density at radius 1 is 1.11 bits per heavy atom. The molecule has 1 aliphatic heterocycles. The molecule has 156 valence electrons. The van der Waals surface area contributed by atoms with Gasteiger partial charge in [0.25, 0.3) is 6.10 Å². The minimum Gasteiger partial charge on any atom is -0.464 e. The van der Waals surface area contributed by atoms with E-state index in [9.17, 15) is 19.2 Å². The summed E-state index contributed by atoms with van der Waals surface area (Å²) in [4.78, 5) is 46.9. The maximum Gasteiger partial charge on any atom is 0.347 e. The van der Waals surface area contributed by atoms with Crippen LogP contribution in [0.3, 0.4) is 0 Å². The molecule has 0 aromatic rings. The van der Waals surface area contributed by atoms with Crippen molar-refractivity contribution in [2.75, 3.05) is 26.4 Å². The Balaban J connectivity index is 3.03. The van der Waals surface area contributed by atoms with Crippen LogP contribution in [-0.4, -0.2) is 74.2 Å². The quantitative estimate of drug-likeness (QED) is 0.222. The van der Waals surface area contributed by atoms with Gasteiger partial charge in [0.2, 0.25) is 5.60 Å². The molecule has 0 aromatic heterocycles. The summed E-state index contributed by atoms with van der Waals surface area (Å²) in [6.45, 7) is 4.85. The monoisotopic (exact) mass is 400 g/mol. The minimum atomic E-state index is -1.79. The summed E-state index contributed by atoms with van der Waals surface area (Å²) >= 11 is 0. The Kier molecular flexibility index (Phi) is 8.88. The third kappa shape index (κ3) is 5.68. The maximum absolute atomic E-state index is 12.0. The van der Waals surface area contributed by atoms with Crippen LogP contribution in [-0.2, 0) is 47.6 Å². The van der Waals surface area contributed by atoms with Crippen LogP contribution in [0.25, 0.3) is 0 Å². The van der Waals surface area contributed by atoms with Gasteiger partial charge in [-0.05, 0) is 13.8 Å². The van der Waals surface area contributed by atoms with Crippen molar-refractivity contribution >= 4 is 23.9 Å². The third-order valence-electron chi connectivity index (χ3n) is 3.67. The first kappa shape index (κ1) is 23.4. The molecule has 1 aliphatic rings. The van der Waals surface area contributed by atoms with Gasteiger partial charge in [-0.3, -0.25) is 9.59 Å². The highest BCUT2D eigenvalue weighted by Gasteiger charge is 2.56. The normalized spacial score (nSPS) is 23.6. The van der Waals surface area contributed by atoms with Crippen molar-refractivity contribution in [3.63, 3.8) is 0 Å². The molecule has 0 aliphatic carbocycles. The third-order valence-corrected chi connectivity index (χ3v) is 3.67. The molecule has 0 saturated carbocycles. The zero-order valence-corrected chi connectivity index (χ0v) is 16.2. The van der Waals surface area contributed by atoms with Gasteiger partial charge in [-0.2, -0.15) is 0 Å². The van der Waals surface area contributed by atoms with Crippen LogP contribution in [0.5, 0.6) is 0 Å². The predicted octanol–water partition coefficient (Wildman–Crippen LogP) is -0.237. The number of rotatable bonds is 9. The van der Waals surface area contributed by atoms with Crippen LogP contribution in [0.2, 0.25) is 0 Å². The standard InChI is InChI=1S/C18H24O10/c1-6-18(28-12(5)20)13(25-10-14(18)27-11(4)19)9-26-15(16(21)23-7-2)17(22)24-8-3/h1,13-15H,7-10H2,2-5H3/t13-,14+,18-/m1/s1. The van der Waals surface area contributed by atoms with Crippen LogP contribution < -0.4 is 0 Å². The van der Waals surface area contributed by atoms with Gasteiger partial charge < -0.3 is 28.4 Å². The summed E-state index contributed by atoms with van der Waals surface area (Å²) < 4.78 is 30.8. The second-order valence-electron chi connectivity index (χ2n) is 5.67. The van der Waals surface area contributed by atoms with E-state index in [0.717, 1.165) is 13.8 Å². The van der Waals surface area contributed by atoms with E-state index >= 15 is 0 Å². The van der Waals surface area contributed by atoms with E-state index in [1.165, 1.54) is 0 Å². The number of terminal acetylenes is 1. The molecule has 0 bridgehead atoms. The van der Waals surface area contributed by atoms with Crippen molar-refractivity contribution in [1.29, 1.82) is 0 Å². The second kappa shape index (κ2) is 10.6. The maximum atomic E-state index is 12.0. The summed E-state index contributed by atoms with van der Waals surface area (Å²) in [5.41, 5.74) is -1.79. The molecule has 10 nitrogen and oxygen atoms in total. The van der Waals surface area contributed by atoms with Gasteiger partial charge in [0.05, 0.1) is 26.4 Å². The van der Waals surface area contributed by atoms with Crippen LogP contribution >= 0.6 is 0 Å². The Hall–Kier alpha value is -2.64. The van der Waals surface area contributed by atoms with Crippen molar-refractivity contribution in [3.8, 4) is 12.3 Å². The number of carbonyl (C=O) groups is 4. The molecule has 1 heterocycles. The van der Waals surface area contributed by atoms with Crippen LogP contribution in [0.1, 0.15) is 27.7 Å². The zero-order valence-electron chi connectivity index (χ0n) is 16.2. The Morgan fingerprint density at radius 3 is 2.11 bits per heavy atom. The molecule has 28 heavy (non-hydrogen) atoms. The van der Waals surface area contributed by atoms with Crippen molar-refractivity contribution in [2.24, 2.45) is 0 Å². The molecule has 1 fully saturated rings. The van der Waals surface area contributed by atoms with Gasteiger partial charge in [0.15, 0.2) is 6.10 Å². The van der Waals surface area contributed by atoms with E-state index in [-0.39, 0.29) is 19.8 Å². The highest BCUT2D eigenvalue weighted by Crippen LogP contribution is 2.33. The fourth-order valence-corrected chi connectivity index (χ4v) is 2.59. The topological polar surface area (TPSA) is 124 Å². The molecule has 0 N–H and O–H groups in total. The first-order chi connectivity index (χ1) is 13.2. The Morgan fingerprint density at radius 2 is 1.68 bits per heavy atom. The van der Waals surface area contributed by atoms with E-state index in [0.29, 0.717) is 0 Å². The van der Waals surface area contributed by atoms with Crippen molar-refractivity contribution in [2.45, 2.75) is 51.6 Å². The second-order valence-corrected chi connectivity index (χ2v) is 5.67. The van der Waals surface area contributed by atoms with Gasteiger partial charge >= 0.3 is 23.9 Å². The average molecular weight is 400 g/mol. The smallest absolute Gasteiger partial charge is 0.347 e. The Bertz CT molecular complexity index is 619.